The SMILES string of the molecule is Cc1ncsc1-c1ccc(C2NC(O)[C@@H]3C[C@@H](O)CN3C(=O)[C@H](C(C)(C)C)NC(=O)CSC[C@H](C(N)=O)NC(=O)[C@@H](CN)NC(=O)CCNC2=O)cc1. The molecule has 1 aromatic carbocycles. The molecule has 0 saturated carbocycles. The molecule has 0 radical (unpaired) electrons. The van der Waals surface area contributed by atoms with E-state index in [-0.39, 0.29) is 44.0 Å². The van der Waals surface area contributed by atoms with Crippen LogP contribution in [-0.4, -0.2) is 123 Å². The quantitative estimate of drug-likeness (QED) is 0.167. The Bertz CT molecular complexity index is 1650. The molecule has 7 atom stereocenters. The summed E-state index contributed by atoms with van der Waals surface area (Å²) in [5.41, 5.74) is 14.3. The largest absolute Gasteiger partial charge is 0.391 e. The third-order valence-corrected chi connectivity index (χ3v) is 11.0. The Hall–Kier alpha value is -4.14. The van der Waals surface area contributed by atoms with Crippen LogP contribution < -0.4 is 38.1 Å². The fraction of sp³-hybridized carbons (Fsp3) is 0.559. The van der Waals surface area contributed by atoms with Crippen molar-refractivity contribution in [3.8, 4) is 10.4 Å². The normalized spacial score (nSPS) is 27.7. The summed E-state index contributed by atoms with van der Waals surface area (Å²) in [6, 6.07) is 1.38. The van der Waals surface area contributed by atoms with E-state index in [1.807, 2.05) is 19.1 Å². The Labute approximate surface area is 315 Å². The lowest BCUT2D eigenvalue weighted by molar-refractivity contribution is -0.142. The van der Waals surface area contributed by atoms with E-state index in [1.54, 1.807) is 38.4 Å². The molecule has 2 unspecified atom stereocenters. The Morgan fingerprint density at radius 3 is 2.32 bits per heavy atom. The number of aliphatic hydroxyl groups excluding tert-OH is 2. The third kappa shape index (κ3) is 11.0. The first-order valence-electron chi connectivity index (χ1n) is 17.2. The van der Waals surface area contributed by atoms with Crippen LogP contribution in [0.3, 0.4) is 0 Å². The number of nitrogens with zero attached hydrogens (tertiary/aromatic N) is 2. The molecule has 2 fully saturated rings. The second-order valence-electron chi connectivity index (χ2n) is 14.1. The smallest absolute Gasteiger partial charge is 0.246 e. The third-order valence-electron chi connectivity index (χ3n) is 8.95. The zero-order valence-electron chi connectivity index (χ0n) is 30.1. The Morgan fingerprint density at radius 2 is 1.72 bits per heavy atom. The molecule has 4 rings (SSSR count). The van der Waals surface area contributed by atoms with Gasteiger partial charge < -0.3 is 47.8 Å². The van der Waals surface area contributed by atoms with Crippen molar-refractivity contribution in [3.63, 3.8) is 0 Å². The molecule has 1 aromatic heterocycles. The maximum Gasteiger partial charge on any atom is 0.246 e. The van der Waals surface area contributed by atoms with Crippen LogP contribution in [-0.2, 0) is 28.8 Å². The molecule has 19 heteroatoms. The minimum Gasteiger partial charge on any atom is -0.391 e. The zero-order chi connectivity index (χ0) is 39.0. The van der Waals surface area contributed by atoms with Gasteiger partial charge in [0, 0.05) is 31.8 Å². The van der Waals surface area contributed by atoms with Crippen molar-refractivity contribution in [2.45, 2.75) is 83.1 Å². The van der Waals surface area contributed by atoms with Gasteiger partial charge in [-0.2, -0.15) is 0 Å². The van der Waals surface area contributed by atoms with Crippen LogP contribution >= 0.6 is 23.1 Å². The number of hydrogen-bond donors (Lipinski definition) is 9. The number of carbonyl (C=O) groups excluding carboxylic acids is 6. The van der Waals surface area contributed by atoms with Crippen LogP contribution in [0.2, 0.25) is 0 Å². The maximum absolute atomic E-state index is 14.1. The first-order valence-corrected chi connectivity index (χ1v) is 19.2. The van der Waals surface area contributed by atoms with Gasteiger partial charge in [-0.1, -0.05) is 45.0 Å². The van der Waals surface area contributed by atoms with Gasteiger partial charge in [0.05, 0.1) is 34.0 Å². The average molecular weight is 776 g/mol. The van der Waals surface area contributed by atoms with E-state index >= 15 is 0 Å². The van der Waals surface area contributed by atoms with Crippen LogP contribution in [0.5, 0.6) is 0 Å². The molecule has 0 spiro atoms. The zero-order valence-corrected chi connectivity index (χ0v) is 31.7. The number of nitrogens with one attached hydrogen (secondary N) is 5. The molecule has 2 saturated heterocycles. The summed E-state index contributed by atoms with van der Waals surface area (Å²) in [6.07, 6.45) is -2.77. The Balaban J connectivity index is 1.66. The average Bonchev–Trinajstić information content (AvgIpc) is 3.71. The van der Waals surface area contributed by atoms with Gasteiger partial charge in [0.25, 0.3) is 0 Å². The van der Waals surface area contributed by atoms with Crippen molar-refractivity contribution in [2.24, 2.45) is 16.9 Å². The standard InChI is InChI=1S/C34H49N9O8S2/c1-17-27(53-16-38-17)19-7-5-18(6-8-19)26-32(50)37-10-9-24(45)39-21(12-35)30(48)40-22(29(36)47)14-52-15-25(46)41-28(34(2,3)4)33(51)43-13-20(44)11-23(43)31(49)42-26/h5-8,16,20-23,26,28,31,42,44,49H,9-15,35H2,1-4H3,(H2,36,47)(H,37,50)(H,39,45)(H,40,48)(H,41,46)/t20-,21-,22-,23+,26?,28-,31?/m1/s1. The number of nitrogens with two attached hydrogens (primary N) is 2. The summed E-state index contributed by atoms with van der Waals surface area (Å²) in [5, 5.41) is 35.7. The van der Waals surface area contributed by atoms with Crippen molar-refractivity contribution in [1.29, 1.82) is 0 Å². The van der Waals surface area contributed by atoms with E-state index < -0.39 is 83.4 Å². The van der Waals surface area contributed by atoms with Gasteiger partial charge in [-0.15, -0.1) is 23.1 Å². The van der Waals surface area contributed by atoms with Gasteiger partial charge in [-0.25, -0.2) is 4.98 Å². The van der Waals surface area contributed by atoms with Gasteiger partial charge >= 0.3 is 0 Å². The minimum absolute atomic E-state index is 0.0127. The molecular weight excluding hydrogens is 727 g/mol. The number of aromatic nitrogens is 1. The van der Waals surface area contributed by atoms with Gasteiger partial charge in [-0.3, -0.25) is 34.1 Å². The number of carbonyl (C=O) groups is 6. The monoisotopic (exact) mass is 775 g/mol. The molecule has 2 aliphatic heterocycles. The van der Waals surface area contributed by atoms with Gasteiger partial charge in [0.2, 0.25) is 35.4 Å². The van der Waals surface area contributed by atoms with E-state index in [1.165, 1.54) is 16.2 Å². The van der Waals surface area contributed by atoms with Gasteiger partial charge in [0.15, 0.2) is 0 Å². The molecular formula is C34H49N9O8S2. The van der Waals surface area contributed by atoms with Crippen LogP contribution in [0.25, 0.3) is 10.4 Å². The minimum atomic E-state index is -1.52. The highest BCUT2D eigenvalue weighted by molar-refractivity contribution is 8.00. The molecule has 290 valence electrons. The fourth-order valence-electron chi connectivity index (χ4n) is 6.06. The lowest BCUT2D eigenvalue weighted by Gasteiger charge is -2.37. The van der Waals surface area contributed by atoms with Gasteiger partial charge in [0.1, 0.15) is 30.4 Å². The molecule has 2 aliphatic rings. The molecule has 6 amide bonds. The summed E-state index contributed by atoms with van der Waals surface area (Å²) in [7, 11) is 0. The predicted octanol–water partition coefficient (Wildman–Crippen LogP) is -1.77. The van der Waals surface area contributed by atoms with E-state index in [2.05, 4.69) is 31.6 Å². The van der Waals surface area contributed by atoms with Crippen LogP contribution in [0.4, 0.5) is 0 Å². The lowest BCUT2D eigenvalue weighted by Crippen LogP contribution is -2.59. The maximum atomic E-state index is 14.1. The van der Waals surface area contributed by atoms with E-state index in [0.29, 0.717) is 5.56 Å². The van der Waals surface area contributed by atoms with Crippen molar-refractivity contribution >= 4 is 58.5 Å². The van der Waals surface area contributed by atoms with Crippen molar-refractivity contribution < 1.29 is 39.0 Å². The van der Waals surface area contributed by atoms with Crippen LogP contribution in [0, 0.1) is 12.3 Å². The number of thiazole rings is 1. The number of fused-ring (bicyclic) bond motifs is 1. The van der Waals surface area contributed by atoms with E-state index in [0.717, 1.165) is 27.9 Å². The predicted molar refractivity (Wildman–Crippen MR) is 199 cm³/mol. The van der Waals surface area contributed by atoms with Crippen LogP contribution in [0.1, 0.15) is 50.9 Å². The van der Waals surface area contributed by atoms with Crippen LogP contribution in [0.15, 0.2) is 29.8 Å². The number of aryl methyl sites for hydroxylation is 1. The number of aliphatic hydroxyl groups is 2. The summed E-state index contributed by atoms with van der Waals surface area (Å²) in [5.74, 6) is -4.25. The second-order valence-corrected chi connectivity index (χ2v) is 16.0. The number of hydrogen-bond acceptors (Lipinski definition) is 13. The molecule has 2 aromatic rings. The summed E-state index contributed by atoms with van der Waals surface area (Å²) in [4.78, 5) is 85.5. The summed E-state index contributed by atoms with van der Waals surface area (Å²) < 4.78 is 0. The topological polar surface area (TPSA) is 271 Å². The fourth-order valence-corrected chi connectivity index (χ4v) is 7.74. The molecule has 0 aliphatic carbocycles. The highest BCUT2D eigenvalue weighted by atomic mass is 32.2. The van der Waals surface area contributed by atoms with Crippen molar-refractivity contribution in [3.05, 3.63) is 41.0 Å². The second kappa shape index (κ2) is 18.3. The number of rotatable bonds is 4. The number of benzene rings is 1. The molecule has 0 bridgehead atoms. The van der Waals surface area contributed by atoms with Gasteiger partial charge in [-0.05, 0) is 29.9 Å². The van der Waals surface area contributed by atoms with E-state index in [9.17, 15) is 39.0 Å². The molecule has 3 heterocycles. The summed E-state index contributed by atoms with van der Waals surface area (Å²) >= 11 is 2.46. The highest BCUT2D eigenvalue weighted by Gasteiger charge is 2.45. The Morgan fingerprint density at radius 1 is 1.02 bits per heavy atom. The number of thioether (sulfide) groups is 1. The highest BCUT2D eigenvalue weighted by Crippen LogP contribution is 2.30. The first-order chi connectivity index (χ1) is 25.0. The first kappa shape index (κ1) is 41.6. The van der Waals surface area contributed by atoms with E-state index in [4.69, 9.17) is 11.5 Å². The molecule has 17 nitrogen and oxygen atoms in total. The Kier molecular flexibility index (Phi) is 14.3. The van der Waals surface area contributed by atoms with Crippen molar-refractivity contribution in [1.82, 2.24) is 36.5 Å². The lowest BCUT2D eigenvalue weighted by atomic mass is 9.85. The molecule has 53 heavy (non-hydrogen) atoms. The van der Waals surface area contributed by atoms with Crippen molar-refractivity contribution in [2.75, 3.05) is 31.1 Å². The number of amides is 6. The molecule has 11 N–H and O–H groups in total. The number of primary amides is 1. The summed E-state index contributed by atoms with van der Waals surface area (Å²) in [6.45, 7) is 6.57.